The third kappa shape index (κ3) is 5.38. The Morgan fingerprint density at radius 3 is 2.57 bits per heavy atom. The number of carbonyl (C=O) groups is 2. The Morgan fingerprint density at radius 2 is 1.87 bits per heavy atom. The molecule has 0 aliphatic heterocycles. The summed E-state index contributed by atoms with van der Waals surface area (Å²) in [6.45, 7) is 2.53. The third-order valence-electron chi connectivity index (χ3n) is 4.59. The van der Waals surface area contributed by atoms with Crippen molar-refractivity contribution in [3.63, 3.8) is 0 Å². The summed E-state index contributed by atoms with van der Waals surface area (Å²) in [7, 11) is 1.71. The minimum Gasteiger partial charge on any atom is -0.337 e. The highest BCUT2D eigenvalue weighted by atomic mass is 16.2. The Balaban J connectivity index is 1.49. The number of anilines is 1. The van der Waals surface area contributed by atoms with Crippen LogP contribution in [-0.4, -0.2) is 40.0 Å². The molecule has 0 aliphatic rings. The number of aryl methyl sites for hydroxylation is 1. The van der Waals surface area contributed by atoms with Crippen molar-refractivity contribution in [2.75, 3.05) is 18.9 Å². The zero-order chi connectivity index (χ0) is 21.5. The van der Waals surface area contributed by atoms with Gasteiger partial charge in [0.1, 0.15) is 0 Å². The lowest BCUT2D eigenvalue weighted by Crippen LogP contribution is -2.38. The van der Waals surface area contributed by atoms with Gasteiger partial charge in [-0.1, -0.05) is 36.4 Å². The van der Waals surface area contributed by atoms with E-state index in [4.69, 9.17) is 0 Å². The van der Waals surface area contributed by atoms with Crippen LogP contribution in [0.3, 0.4) is 0 Å². The van der Waals surface area contributed by atoms with E-state index in [9.17, 15) is 14.4 Å². The Morgan fingerprint density at radius 1 is 1.10 bits per heavy atom. The van der Waals surface area contributed by atoms with Gasteiger partial charge >= 0.3 is 11.7 Å². The summed E-state index contributed by atoms with van der Waals surface area (Å²) in [5.74, 6) is -0.226. The number of hydrogen-bond acceptors (Lipinski definition) is 3. The largest absolute Gasteiger partial charge is 0.337 e. The van der Waals surface area contributed by atoms with Crippen LogP contribution in [-0.2, 0) is 11.3 Å². The molecule has 0 fully saturated rings. The smallest absolute Gasteiger partial charge is 0.330 e. The Bertz CT molecular complexity index is 1070. The van der Waals surface area contributed by atoms with Gasteiger partial charge in [0.2, 0.25) is 5.91 Å². The van der Waals surface area contributed by atoms with E-state index in [-0.39, 0.29) is 30.6 Å². The van der Waals surface area contributed by atoms with Crippen molar-refractivity contribution < 1.29 is 9.59 Å². The minimum atomic E-state index is -0.240. The van der Waals surface area contributed by atoms with Gasteiger partial charge in [-0.25, -0.2) is 9.59 Å². The van der Waals surface area contributed by atoms with E-state index in [1.165, 1.54) is 4.57 Å². The number of nitrogens with one attached hydrogen (secondary N) is 3. The monoisotopic (exact) mass is 407 g/mol. The van der Waals surface area contributed by atoms with E-state index in [0.29, 0.717) is 17.9 Å². The predicted octanol–water partition coefficient (Wildman–Crippen LogP) is 2.64. The van der Waals surface area contributed by atoms with Crippen LogP contribution in [0.4, 0.5) is 10.5 Å². The second kappa shape index (κ2) is 9.60. The van der Waals surface area contributed by atoms with E-state index >= 15 is 0 Å². The fourth-order valence-electron chi connectivity index (χ4n) is 3.07. The van der Waals surface area contributed by atoms with Crippen LogP contribution in [0.25, 0.3) is 5.69 Å². The number of amides is 3. The molecule has 0 radical (unpaired) electrons. The maximum absolute atomic E-state index is 12.2. The molecule has 3 N–H and O–H groups in total. The summed E-state index contributed by atoms with van der Waals surface area (Å²) in [4.78, 5) is 40.5. The molecule has 3 rings (SSSR count). The summed E-state index contributed by atoms with van der Waals surface area (Å²) in [5, 5.41) is 5.54. The average molecular weight is 407 g/mol. The van der Waals surface area contributed by atoms with Crippen molar-refractivity contribution in [1.82, 2.24) is 19.8 Å². The van der Waals surface area contributed by atoms with Crippen molar-refractivity contribution in [3.05, 3.63) is 82.5 Å². The van der Waals surface area contributed by atoms with Gasteiger partial charge in [-0.15, -0.1) is 0 Å². The fourth-order valence-corrected chi connectivity index (χ4v) is 3.07. The number of hydrogen-bond donors (Lipinski definition) is 3. The van der Waals surface area contributed by atoms with Gasteiger partial charge in [-0.05, 0) is 30.7 Å². The maximum Gasteiger partial charge on any atom is 0.330 e. The van der Waals surface area contributed by atoms with E-state index in [1.807, 2.05) is 37.3 Å². The van der Waals surface area contributed by atoms with E-state index in [0.717, 1.165) is 11.3 Å². The molecule has 0 unspecified atom stereocenters. The van der Waals surface area contributed by atoms with Gasteiger partial charge in [0.15, 0.2) is 0 Å². The molecule has 0 saturated heterocycles. The molecular weight excluding hydrogens is 382 g/mol. The van der Waals surface area contributed by atoms with Crippen LogP contribution in [0, 0.1) is 6.92 Å². The number of carbonyl (C=O) groups excluding carboxylic acids is 2. The third-order valence-corrected chi connectivity index (χ3v) is 4.59. The van der Waals surface area contributed by atoms with Crippen LogP contribution >= 0.6 is 0 Å². The van der Waals surface area contributed by atoms with Crippen LogP contribution in [0.5, 0.6) is 0 Å². The molecule has 0 spiro atoms. The normalized spacial score (nSPS) is 10.5. The number of nitrogens with zero attached hydrogens (tertiary/aromatic N) is 2. The van der Waals surface area contributed by atoms with Gasteiger partial charge in [-0.3, -0.25) is 9.36 Å². The standard InChI is InChI=1S/C22H25N5O3/c1-16-14-24-22(30)27(16)19-10-6-9-18(13-19)25-20(28)11-12-23-21(29)26(2)15-17-7-4-3-5-8-17/h3-10,13-14H,11-12,15H2,1-2H3,(H,23,29)(H,24,30)(H,25,28). The Hall–Kier alpha value is -3.81. The van der Waals surface area contributed by atoms with Gasteiger partial charge in [0.25, 0.3) is 0 Å². The second-order valence-electron chi connectivity index (χ2n) is 6.99. The molecule has 0 saturated carbocycles. The number of urea groups is 1. The molecule has 0 bridgehead atoms. The van der Waals surface area contributed by atoms with Crippen molar-refractivity contribution in [2.45, 2.75) is 19.9 Å². The lowest BCUT2D eigenvalue weighted by atomic mass is 10.2. The first-order valence-corrected chi connectivity index (χ1v) is 9.64. The maximum atomic E-state index is 12.2. The molecule has 0 aliphatic carbocycles. The lowest BCUT2D eigenvalue weighted by molar-refractivity contribution is -0.116. The van der Waals surface area contributed by atoms with Crippen LogP contribution in [0.1, 0.15) is 17.7 Å². The van der Waals surface area contributed by atoms with Gasteiger partial charge in [0.05, 0.1) is 5.69 Å². The molecule has 30 heavy (non-hydrogen) atoms. The molecular formula is C22H25N5O3. The van der Waals surface area contributed by atoms with Crippen LogP contribution in [0.15, 0.2) is 65.6 Å². The highest BCUT2D eigenvalue weighted by molar-refractivity contribution is 5.91. The van der Waals surface area contributed by atoms with Crippen molar-refractivity contribution >= 4 is 17.6 Å². The van der Waals surface area contributed by atoms with E-state index in [2.05, 4.69) is 15.6 Å². The molecule has 156 valence electrons. The first-order chi connectivity index (χ1) is 14.4. The van der Waals surface area contributed by atoms with E-state index in [1.54, 1.807) is 42.4 Å². The number of aromatic amines is 1. The van der Waals surface area contributed by atoms with Crippen LogP contribution in [0.2, 0.25) is 0 Å². The Kier molecular flexibility index (Phi) is 6.69. The molecule has 3 amide bonds. The number of aromatic nitrogens is 2. The van der Waals surface area contributed by atoms with Gasteiger partial charge in [0, 0.05) is 44.1 Å². The predicted molar refractivity (Wildman–Crippen MR) is 116 cm³/mol. The fraction of sp³-hybridized carbons (Fsp3) is 0.227. The number of rotatable bonds is 7. The zero-order valence-electron chi connectivity index (χ0n) is 17.0. The molecule has 1 heterocycles. The Labute approximate surface area is 174 Å². The van der Waals surface area contributed by atoms with Crippen molar-refractivity contribution in [3.8, 4) is 5.69 Å². The number of benzene rings is 2. The first-order valence-electron chi connectivity index (χ1n) is 9.64. The minimum absolute atomic E-state index is 0.137. The summed E-state index contributed by atoms with van der Waals surface area (Å²) in [6.07, 6.45) is 1.77. The zero-order valence-corrected chi connectivity index (χ0v) is 17.0. The molecule has 2 aromatic carbocycles. The van der Waals surface area contributed by atoms with E-state index < -0.39 is 0 Å². The summed E-state index contributed by atoms with van der Waals surface area (Å²) in [5.41, 5.74) is 2.80. The summed E-state index contributed by atoms with van der Waals surface area (Å²) < 4.78 is 1.53. The molecule has 1 aromatic heterocycles. The number of imidazole rings is 1. The van der Waals surface area contributed by atoms with Gasteiger partial charge in [-0.2, -0.15) is 0 Å². The summed E-state index contributed by atoms with van der Waals surface area (Å²) >= 11 is 0. The summed E-state index contributed by atoms with van der Waals surface area (Å²) in [6, 6.07) is 16.5. The molecule has 0 atom stereocenters. The highest BCUT2D eigenvalue weighted by Gasteiger charge is 2.10. The van der Waals surface area contributed by atoms with Gasteiger partial charge < -0.3 is 20.5 Å². The quantitative estimate of drug-likeness (QED) is 0.561. The lowest BCUT2D eigenvalue weighted by Gasteiger charge is -2.18. The molecule has 8 nitrogen and oxygen atoms in total. The topological polar surface area (TPSA) is 99.2 Å². The highest BCUT2D eigenvalue weighted by Crippen LogP contribution is 2.15. The number of H-pyrrole nitrogens is 1. The molecule has 8 heteroatoms. The van der Waals surface area contributed by atoms with Crippen LogP contribution < -0.4 is 16.3 Å². The first kappa shape index (κ1) is 20.9. The van der Waals surface area contributed by atoms with Crippen molar-refractivity contribution in [2.24, 2.45) is 0 Å². The van der Waals surface area contributed by atoms with Crippen molar-refractivity contribution in [1.29, 1.82) is 0 Å². The molecule has 3 aromatic rings. The average Bonchev–Trinajstić information content (AvgIpc) is 3.07. The second-order valence-corrected chi connectivity index (χ2v) is 6.99. The SMILES string of the molecule is Cc1c[nH]c(=O)n1-c1cccc(NC(=O)CCNC(=O)N(C)Cc2ccccc2)c1.